The molecule has 2 N–H and O–H groups in total. The minimum atomic E-state index is -3.45. The molecule has 0 aliphatic carbocycles. The maximum Gasteiger partial charge on any atom is 0.229 e. The van der Waals surface area contributed by atoms with Gasteiger partial charge in [0.1, 0.15) is 5.75 Å². The van der Waals surface area contributed by atoms with Gasteiger partial charge in [0, 0.05) is 30.2 Å². The van der Waals surface area contributed by atoms with Crippen LogP contribution in [0.4, 0.5) is 11.4 Å². The highest BCUT2D eigenvalue weighted by atomic mass is 32.2. The highest BCUT2D eigenvalue weighted by molar-refractivity contribution is 7.92. The third kappa shape index (κ3) is 6.38. The number of carbonyl (C=O) groups excluding carboxylic acids is 2. The molecule has 28 heavy (non-hydrogen) atoms. The molecule has 0 atom stereocenters. The number of ether oxygens (including phenoxy) is 1. The van der Waals surface area contributed by atoms with Crippen molar-refractivity contribution in [3.8, 4) is 5.75 Å². The van der Waals surface area contributed by atoms with Crippen LogP contribution in [0.2, 0.25) is 0 Å². The van der Waals surface area contributed by atoms with Crippen molar-refractivity contribution in [2.75, 3.05) is 23.4 Å². The zero-order chi connectivity index (χ0) is 20.7. The van der Waals surface area contributed by atoms with E-state index >= 15 is 0 Å². The Morgan fingerprint density at radius 1 is 1.04 bits per heavy atom. The minimum Gasteiger partial charge on any atom is -0.494 e. The van der Waals surface area contributed by atoms with E-state index in [-0.39, 0.29) is 36.0 Å². The molecular weight excluding hydrogens is 380 g/mol. The number of hydrogen-bond acceptors (Lipinski definition) is 5. The van der Waals surface area contributed by atoms with Crippen LogP contribution in [0.5, 0.6) is 5.75 Å². The Balaban J connectivity index is 1.95. The number of Topliss-reactive ketones (excluding diaryl/α,β-unsaturated/α-hetero) is 1. The Morgan fingerprint density at radius 2 is 1.71 bits per heavy atom. The Kier molecular flexibility index (Phi) is 7.17. The van der Waals surface area contributed by atoms with Gasteiger partial charge in [0.15, 0.2) is 5.78 Å². The van der Waals surface area contributed by atoms with E-state index in [0.29, 0.717) is 11.3 Å². The highest BCUT2D eigenvalue weighted by Gasteiger charge is 2.12. The number of carbonyl (C=O) groups is 2. The molecule has 0 saturated heterocycles. The lowest BCUT2D eigenvalue weighted by Crippen LogP contribution is -2.14. The second-order valence-electron chi connectivity index (χ2n) is 6.31. The topological polar surface area (TPSA) is 102 Å². The van der Waals surface area contributed by atoms with E-state index in [4.69, 9.17) is 4.74 Å². The summed E-state index contributed by atoms with van der Waals surface area (Å²) in [4.78, 5) is 24.4. The minimum absolute atomic E-state index is 0.0417. The lowest BCUT2D eigenvalue weighted by Gasteiger charge is -2.12. The summed E-state index contributed by atoms with van der Waals surface area (Å²) in [5, 5.41) is 2.68. The SMILES string of the molecule is CCc1ccc(C(=O)CCC(=O)Nc2ccc(NS(C)(=O)=O)c(OC)c2)cc1. The summed E-state index contributed by atoms with van der Waals surface area (Å²) in [6.45, 7) is 2.04. The average Bonchev–Trinajstić information content (AvgIpc) is 2.66. The molecule has 7 nitrogen and oxygen atoms in total. The number of methoxy groups -OCH3 is 1. The van der Waals surface area contributed by atoms with E-state index < -0.39 is 10.0 Å². The molecule has 0 spiro atoms. The zero-order valence-corrected chi connectivity index (χ0v) is 16.9. The first-order chi connectivity index (χ1) is 13.2. The van der Waals surface area contributed by atoms with Crippen molar-refractivity contribution in [2.24, 2.45) is 0 Å². The second-order valence-corrected chi connectivity index (χ2v) is 8.06. The summed E-state index contributed by atoms with van der Waals surface area (Å²) in [5.41, 5.74) is 2.45. The number of amides is 1. The number of rotatable bonds is 9. The van der Waals surface area contributed by atoms with Gasteiger partial charge >= 0.3 is 0 Å². The summed E-state index contributed by atoms with van der Waals surface area (Å²) >= 11 is 0. The number of sulfonamides is 1. The standard InChI is InChI=1S/C20H24N2O5S/c1-4-14-5-7-15(8-6-14)18(23)11-12-20(24)21-16-9-10-17(19(13-16)27-2)22-28(3,25)26/h5-10,13,22H,4,11-12H2,1-3H3,(H,21,24). The molecule has 0 unspecified atom stereocenters. The van der Waals surface area contributed by atoms with Crippen molar-refractivity contribution in [1.82, 2.24) is 0 Å². The van der Waals surface area contributed by atoms with Gasteiger partial charge in [-0.3, -0.25) is 14.3 Å². The van der Waals surface area contributed by atoms with Crippen LogP contribution in [0.15, 0.2) is 42.5 Å². The fraction of sp³-hybridized carbons (Fsp3) is 0.300. The predicted molar refractivity (Wildman–Crippen MR) is 109 cm³/mol. The lowest BCUT2D eigenvalue weighted by atomic mass is 10.0. The van der Waals surface area contributed by atoms with Crippen molar-refractivity contribution in [1.29, 1.82) is 0 Å². The molecule has 2 rings (SSSR count). The van der Waals surface area contributed by atoms with Gasteiger partial charge < -0.3 is 10.1 Å². The molecule has 0 heterocycles. The van der Waals surface area contributed by atoms with Gasteiger partial charge in [0.25, 0.3) is 0 Å². The van der Waals surface area contributed by atoms with Crippen molar-refractivity contribution < 1.29 is 22.7 Å². The first-order valence-electron chi connectivity index (χ1n) is 8.79. The van der Waals surface area contributed by atoms with Gasteiger partial charge in [0.2, 0.25) is 15.9 Å². The first-order valence-corrected chi connectivity index (χ1v) is 10.7. The largest absolute Gasteiger partial charge is 0.494 e. The molecule has 0 aromatic heterocycles. The van der Waals surface area contributed by atoms with Crippen LogP contribution in [0.25, 0.3) is 0 Å². The van der Waals surface area contributed by atoms with E-state index in [9.17, 15) is 18.0 Å². The van der Waals surface area contributed by atoms with Crippen LogP contribution in [0.1, 0.15) is 35.7 Å². The molecule has 0 fully saturated rings. The third-order valence-corrected chi connectivity index (χ3v) is 4.63. The van der Waals surface area contributed by atoms with E-state index in [2.05, 4.69) is 10.0 Å². The van der Waals surface area contributed by atoms with Crippen LogP contribution < -0.4 is 14.8 Å². The fourth-order valence-electron chi connectivity index (χ4n) is 2.57. The summed E-state index contributed by atoms with van der Waals surface area (Å²) in [7, 11) is -2.05. The van der Waals surface area contributed by atoms with Crippen LogP contribution in [-0.2, 0) is 21.2 Å². The second kappa shape index (κ2) is 9.36. The Hall–Kier alpha value is -2.87. The van der Waals surface area contributed by atoms with Gasteiger partial charge in [-0.1, -0.05) is 31.2 Å². The van der Waals surface area contributed by atoms with Gasteiger partial charge in [0.05, 0.1) is 19.1 Å². The molecule has 150 valence electrons. The average molecular weight is 404 g/mol. The number of anilines is 2. The number of aryl methyl sites for hydroxylation is 1. The predicted octanol–water partition coefficient (Wildman–Crippen LogP) is 3.23. The zero-order valence-electron chi connectivity index (χ0n) is 16.1. The number of nitrogens with one attached hydrogen (secondary N) is 2. The van der Waals surface area contributed by atoms with Crippen LogP contribution in [0.3, 0.4) is 0 Å². The van der Waals surface area contributed by atoms with E-state index in [0.717, 1.165) is 18.2 Å². The quantitative estimate of drug-likeness (QED) is 0.625. The number of ketones is 1. The number of benzene rings is 2. The van der Waals surface area contributed by atoms with Crippen LogP contribution >= 0.6 is 0 Å². The maximum absolute atomic E-state index is 12.2. The van der Waals surface area contributed by atoms with Crippen molar-refractivity contribution in [2.45, 2.75) is 26.2 Å². The Labute approximate surface area is 165 Å². The lowest BCUT2D eigenvalue weighted by molar-refractivity contribution is -0.116. The molecule has 2 aromatic carbocycles. The van der Waals surface area contributed by atoms with Gasteiger partial charge in [-0.25, -0.2) is 8.42 Å². The van der Waals surface area contributed by atoms with Gasteiger partial charge in [-0.15, -0.1) is 0 Å². The summed E-state index contributed by atoms with van der Waals surface area (Å²) < 4.78 is 30.2. The van der Waals surface area contributed by atoms with Crippen molar-refractivity contribution >= 4 is 33.1 Å². The molecular formula is C20H24N2O5S. The monoisotopic (exact) mass is 404 g/mol. The molecule has 8 heteroatoms. The normalized spacial score (nSPS) is 11.0. The van der Waals surface area contributed by atoms with Gasteiger partial charge in [-0.05, 0) is 24.1 Å². The van der Waals surface area contributed by atoms with Crippen molar-refractivity contribution in [3.63, 3.8) is 0 Å². The van der Waals surface area contributed by atoms with E-state index in [1.807, 2.05) is 19.1 Å². The summed E-state index contributed by atoms with van der Waals surface area (Å²) in [5.74, 6) is -0.136. The van der Waals surface area contributed by atoms with Crippen LogP contribution in [0, 0.1) is 0 Å². The summed E-state index contributed by atoms with van der Waals surface area (Å²) in [6.07, 6.45) is 2.08. The maximum atomic E-state index is 12.2. The Bertz CT molecular complexity index is 953. The fourth-order valence-corrected chi connectivity index (χ4v) is 3.14. The molecule has 0 bridgehead atoms. The molecule has 0 aliphatic rings. The van der Waals surface area contributed by atoms with Crippen molar-refractivity contribution in [3.05, 3.63) is 53.6 Å². The molecule has 0 saturated carbocycles. The Morgan fingerprint density at radius 3 is 2.29 bits per heavy atom. The summed E-state index contributed by atoms with van der Waals surface area (Å²) in [6, 6.07) is 11.9. The van der Waals surface area contributed by atoms with Crippen LogP contribution in [-0.4, -0.2) is 33.5 Å². The van der Waals surface area contributed by atoms with E-state index in [1.165, 1.54) is 19.2 Å². The van der Waals surface area contributed by atoms with E-state index in [1.54, 1.807) is 18.2 Å². The molecule has 0 aliphatic heterocycles. The number of hydrogen-bond donors (Lipinski definition) is 2. The molecule has 0 radical (unpaired) electrons. The first kappa shape index (κ1) is 21.4. The molecule has 2 aromatic rings. The van der Waals surface area contributed by atoms with Gasteiger partial charge in [-0.2, -0.15) is 0 Å². The highest BCUT2D eigenvalue weighted by Crippen LogP contribution is 2.28. The molecule has 1 amide bonds. The smallest absolute Gasteiger partial charge is 0.229 e. The third-order valence-electron chi connectivity index (χ3n) is 4.04.